The second-order valence-corrected chi connectivity index (χ2v) is 5.84. The van der Waals surface area contributed by atoms with E-state index >= 15 is 0 Å². The predicted molar refractivity (Wildman–Crippen MR) is 88.1 cm³/mol. The molecule has 10 nitrogen and oxygen atoms in total. The monoisotopic (exact) mass is 367 g/mol. The molecule has 2 heterocycles. The van der Waals surface area contributed by atoms with Crippen LogP contribution in [0.1, 0.15) is 39.8 Å². The molecule has 0 saturated carbocycles. The Bertz CT molecular complexity index is 746. The van der Waals surface area contributed by atoms with Crippen LogP contribution in [0.3, 0.4) is 0 Å². The molecule has 1 fully saturated rings. The summed E-state index contributed by atoms with van der Waals surface area (Å²) < 4.78 is 17.3. The van der Waals surface area contributed by atoms with Crippen molar-refractivity contribution in [3.63, 3.8) is 0 Å². The molecule has 10 heteroatoms. The van der Waals surface area contributed by atoms with Gasteiger partial charge in [-0.2, -0.15) is 4.98 Å². The summed E-state index contributed by atoms with van der Waals surface area (Å²) in [4.78, 5) is 49.3. The van der Waals surface area contributed by atoms with Gasteiger partial charge in [0.15, 0.2) is 0 Å². The Balaban J connectivity index is 2.15. The first-order valence-electron chi connectivity index (χ1n) is 8.09. The van der Waals surface area contributed by atoms with Crippen molar-refractivity contribution in [1.29, 1.82) is 0 Å². The van der Waals surface area contributed by atoms with Gasteiger partial charge in [0.2, 0.25) is 5.91 Å². The molecule has 1 saturated heterocycles. The van der Waals surface area contributed by atoms with Crippen LogP contribution in [0.15, 0.2) is 17.1 Å². The summed E-state index contributed by atoms with van der Waals surface area (Å²) in [6, 6.07) is 1.48. The van der Waals surface area contributed by atoms with Gasteiger partial charge in [-0.05, 0) is 18.9 Å². The van der Waals surface area contributed by atoms with Crippen molar-refractivity contribution in [3.05, 3.63) is 22.7 Å². The lowest BCUT2D eigenvalue weighted by Gasteiger charge is -2.35. The van der Waals surface area contributed by atoms with Crippen LogP contribution < -0.4 is 11.0 Å². The maximum Gasteiger partial charge on any atom is 0.351 e. The SMILES string of the molecule is CC(=O)Nc1ccn([C@H]2CC[C@H](OC(C)=O)[C@@H](COC(C)=O)O2)c(=O)n1. The van der Waals surface area contributed by atoms with Gasteiger partial charge >= 0.3 is 17.6 Å². The van der Waals surface area contributed by atoms with E-state index in [2.05, 4.69) is 10.3 Å². The second kappa shape index (κ2) is 8.56. The molecule has 26 heavy (non-hydrogen) atoms. The third kappa shape index (κ3) is 5.38. The Morgan fingerprint density at radius 2 is 2.00 bits per heavy atom. The van der Waals surface area contributed by atoms with Gasteiger partial charge in [0.25, 0.3) is 0 Å². The van der Waals surface area contributed by atoms with Gasteiger partial charge in [-0.25, -0.2) is 4.79 Å². The van der Waals surface area contributed by atoms with Crippen LogP contribution in [-0.2, 0) is 28.6 Å². The van der Waals surface area contributed by atoms with Crippen molar-refractivity contribution in [2.75, 3.05) is 11.9 Å². The Morgan fingerprint density at radius 3 is 2.58 bits per heavy atom. The summed E-state index contributed by atoms with van der Waals surface area (Å²) in [6.45, 7) is 3.75. The lowest BCUT2D eigenvalue weighted by atomic mass is 10.0. The first-order chi connectivity index (χ1) is 12.3. The van der Waals surface area contributed by atoms with E-state index < -0.39 is 36.1 Å². The molecule has 0 unspecified atom stereocenters. The van der Waals surface area contributed by atoms with E-state index in [0.717, 1.165) is 0 Å². The molecule has 0 aromatic carbocycles. The second-order valence-electron chi connectivity index (χ2n) is 5.84. The first-order valence-corrected chi connectivity index (χ1v) is 8.09. The third-order valence-electron chi connectivity index (χ3n) is 3.66. The number of anilines is 1. The Morgan fingerprint density at radius 1 is 1.27 bits per heavy atom. The van der Waals surface area contributed by atoms with E-state index in [1.165, 1.54) is 37.6 Å². The minimum atomic E-state index is -0.705. The fourth-order valence-electron chi connectivity index (χ4n) is 2.63. The van der Waals surface area contributed by atoms with E-state index in [1.807, 2.05) is 0 Å². The number of esters is 2. The molecular formula is C16H21N3O7. The van der Waals surface area contributed by atoms with Crippen LogP contribution in [0.25, 0.3) is 0 Å². The predicted octanol–water partition coefficient (Wildman–Crippen LogP) is 0.374. The van der Waals surface area contributed by atoms with Crippen LogP contribution in [0.2, 0.25) is 0 Å². The summed E-state index contributed by atoms with van der Waals surface area (Å²) in [6.07, 6.45) is 0.342. The average molecular weight is 367 g/mol. The van der Waals surface area contributed by atoms with E-state index in [9.17, 15) is 19.2 Å². The van der Waals surface area contributed by atoms with Gasteiger partial charge in [0.05, 0.1) is 0 Å². The highest BCUT2D eigenvalue weighted by molar-refractivity contribution is 5.87. The number of nitrogens with zero attached hydrogens (tertiary/aromatic N) is 2. The highest BCUT2D eigenvalue weighted by atomic mass is 16.6. The minimum absolute atomic E-state index is 0.101. The maximum atomic E-state index is 12.2. The molecule has 142 valence electrons. The van der Waals surface area contributed by atoms with Gasteiger partial charge in [0.1, 0.15) is 30.9 Å². The minimum Gasteiger partial charge on any atom is -0.463 e. The Kier molecular flexibility index (Phi) is 6.45. The molecule has 0 radical (unpaired) electrons. The van der Waals surface area contributed by atoms with Gasteiger partial charge in [0, 0.05) is 27.0 Å². The van der Waals surface area contributed by atoms with Crippen LogP contribution in [0, 0.1) is 0 Å². The number of carbonyl (C=O) groups excluding carboxylic acids is 3. The molecule has 1 amide bonds. The maximum absolute atomic E-state index is 12.2. The average Bonchev–Trinajstić information content (AvgIpc) is 2.53. The fraction of sp³-hybridized carbons (Fsp3) is 0.562. The van der Waals surface area contributed by atoms with Crippen LogP contribution in [-0.4, -0.2) is 46.2 Å². The fourth-order valence-corrected chi connectivity index (χ4v) is 2.63. The molecule has 0 spiro atoms. The Hall–Kier alpha value is -2.75. The summed E-state index contributed by atoms with van der Waals surface area (Å²) in [7, 11) is 0. The van der Waals surface area contributed by atoms with E-state index in [0.29, 0.717) is 12.8 Å². The lowest BCUT2D eigenvalue weighted by Crippen LogP contribution is -2.44. The lowest BCUT2D eigenvalue weighted by molar-refractivity contribution is -0.192. The van der Waals surface area contributed by atoms with Crippen LogP contribution in [0.5, 0.6) is 0 Å². The number of hydrogen-bond acceptors (Lipinski definition) is 8. The number of aromatic nitrogens is 2. The summed E-state index contributed by atoms with van der Waals surface area (Å²) in [5, 5.41) is 2.43. The zero-order chi connectivity index (χ0) is 19.3. The van der Waals surface area contributed by atoms with E-state index in [4.69, 9.17) is 14.2 Å². The largest absolute Gasteiger partial charge is 0.463 e. The van der Waals surface area contributed by atoms with E-state index in [1.54, 1.807) is 0 Å². The van der Waals surface area contributed by atoms with E-state index in [-0.39, 0.29) is 18.3 Å². The number of hydrogen-bond donors (Lipinski definition) is 1. The highest BCUT2D eigenvalue weighted by Gasteiger charge is 2.35. The molecule has 0 bridgehead atoms. The van der Waals surface area contributed by atoms with Crippen molar-refractivity contribution in [1.82, 2.24) is 9.55 Å². The molecule has 3 atom stereocenters. The number of amides is 1. The molecular weight excluding hydrogens is 346 g/mol. The number of ether oxygens (including phenoxy) is 3. The first kappa shape index (κ1) is 19.6. The van der Waals surface area contributed by atoms with Crippen molar-refractivity contribution in [2.24, 2.45) is 0 Å². The zero-order valence-electron chi connectivity index (χ0n) is 14.8. The molecule has 1 aromatic rings. The summed E-state index contributed by atoms with van der Waals surface area (Å²) in [5.74, 6) is -1.16. The van der Waals surface area contributed by atoms with Crippen molar-refractivity contribution in [2.45, 2.75) is 52.0 Å². The molecule has 1 aliphatic rings. The third-order valence-corrected chi connectivity index (χ3v) is 3.66. The van der Waals surface area contributed by atoms with Gasteiger partial charge < -0.3 is 19.5 Å². The molecule has 1 N–H and O–H groups in total. The zero-order valence-corrected chi connectivity index (χ0v) is 14.8. The standard InChI is InChI=1S/C16H21N3O7/c1-9(20)17-14-6-7-19(16(23)18-14)15-5-4-12(25-11(3)22)13(26-15)8-24-10(2)21/h6-7,12-13,15H,4-5,8H2,1-3H3,(H,17,18,20,23)/t12-,13+,15+/m0/s1. The molecule has 0 aliphatic carbocycles. The number of nitrogens with one attached hydrogen (secondary N) is 1. The molecule has 1 aliphatic heterocycles. The summed E-state index contributed by atoms with van der Waals surface area (Å²) in [5.41, 5.74) is -0.599. The smallest absolute Gasteiger partial charge is 0.351 e. The normalized spacial score (nSPS) is 22.3. The quantitative estimate of drug-likeness (QED) is 0.740. The van der Waals surface area contributed by atoms with Crippen molar-refractivity contribution in [3.8, 4) is 0 Å². The number of carbonyl (C=O) groups is 3. The molecule has 2 rings (SSSR count). The van der Waals surface area contributed by atoms with Crippen LogP contribution in [0.4, 0.5) is 5.82 Å². The van der Waals surface area contributed by atoms with Crippen LogP contribution >= 0.6 is 0 Å². The van der Waals surface area contributed by atoms with Gasteiger partial charge in [-0.3, -0.25) is 19.0 Å². The van der Waals surface area contributed by atoms with Crippen molar-refractivity contribution < 1.29 is 28.6 Å². The number of rotatable bonds is 5. The molecule has 1 aromatic heterocycles. The summed E-state index contributed by atoms with van der Waals surface area (Å²) >= 11 is 0. The van der Waals surface area contributed by atoms with Gasteiger partial charge in [-0.1, -0.05) is 0 Å². The topological polar surface area (TPSA) is 126 Å². The highest BCUT2D eigenvalue weighted by Crippen LogP contribution is 2.28. The van der Waals surface area contributed by atoms with Crippen molar-refractivity contribution >= 4 is 23.7 Å². The Labute approximate surface area is 149 Å². The van der Waals surface area contributed by atoms with Gasteiger partial charge in [-0.15, -0.1) is 0 Å².